The van der Waals surface area contributed by atoms with Crippen LogP contribution in [0.2, 0.25) is 0 Å². The molecule has 17 heavy (non-hydrogen) atoms. The lowest BCUT2D eigenvalue weighted by Crippen LogP contribution is -2.46. The Morgan fingerprint density at radius 3 is 2.65 bits per heavy atom. The van der Waals surface area contributed by atoms with Crippen molar-refractivity contribution >= 4 is 5.91 Å². The summed E-state index contributed by atoms with van der Waals surface area (Å²) in [7, 11) is 0. The molecule has 2 aliphatic carbocycles. The lowest BCUT2D eigenvalue weighted by atomic mass is 9.79. The largest absolute Gasteiger partial charge is 0.388 e. The number of aliphatic hydroxyl groups is 1. The fourth-order valence-electron chi connectivity index (χ4n) is 3.38. The van der Waals surface area contributed by atoms with Gasteiger partial charge in [0.2, 0.25) is 5.91 Å². The molecule has 2 aliphatic rings. The zero-order chi connectivity index (χ0) is 12.3. The van der Waals surface area contributed by atoms with E-state index in [2.05, 4.69) is 12.2 Å². The van der Waals surface area contributed by atoms with Crippen molar-refractivity contribution in [2.24, 2.45) is 11.8 Å². The van der Waals surface area contributed by atoms with E-state index >= 15 is 0 Å². The van der Waals surface area contributed by atoms with E-state index in [9.17, 15) is 9.90 Å². The molecule has 0 aromatic rings. The van der Waals surface area contributed by atoms with Gasteiger partial charge in [-0.1, -0.05) is 32.6 Å². The molecular weight excluding hydrogens is 214 g/mol. The van der Waals surface area contributed by atoms with Crippen LogP contribution in [0.5, 0.6) is 0 Å². The van der Waals surface area contributed by atoms with Crippen molar-refractivity contribution < 1.29 is 9.90 Å². The van der Waals surface area contributed by atoms with E-state index in [0.29, 0.717) is 12.5 Å². The Labute approximate surface area is 104 Å². The molecule has 0 aromatic carbocycles. The van der Waals surface area contributed by atoms with Crippen LogP contribution in [0.3, 0.4) is 0 Å². The fourth-order valence-corrected chi connectivity index (χ4v) is 3.38. The van der Waals surface area contributed by atoms with E-state index < -0.39 is 5.60 Å². The first-order valence-electron chi connectivity index (χ1n) is 7.09. The molecule has 0 heterocycles. The molecule has 2 rings (SSSR count). The summed E-state index contributed by atoms with van der Waals surface area (Å²) in [6, 6.07) is 0. The SMILES string of the molecule is CC1CCCC(O)(CNC(=O)C2CCCC2)C1. The van der Waals surface area contributed by atoms with E-state index in [-0.39, 0.29) is 11.8 Å². The van der Waals surface area contributed by atoms with Crippen LogP contribution >= 0.6 is 0 Å². The lowest BCUT2D eigenvalue weighted by Gasteiger charge is -2.35. The summed E-state index contributed by atoms with van der Waals surface area (Å²) >= 11 is 0. The Kier molecular flexibility index (Phi) is 4.08. The first-order valence-corrected chi connectivity index (χ1v) is 7.09. The minimum absolute atomic E-state index is 0.161. The van der Waals surface area contributed by atoms with Crippen molar-refractivity contribution in [1.82, 2.24) is 5.32 Å². The van der Waals surface area contributed by atoms with Gasteiger partial charge in [0, 0.05) is 12.5 Å². The Bertz CT molecular complexity index is 273. The molecule has 2 fully saturated rings. The van der Waals surface area contributed by atoms with E-state index in [4.69, 9.17) is 0 Å². The molecule has 0 aliphatic heterocycles. The van der Waals surface area contributed by atoms with Crippen LogP contribution in [0, 0.1) is 11.8 Å². The quantitative estimate of drug-likeness (QED) is 0.793. The van der Waals surface area contributed by atoms with Crippen LogP contribution < -0.4 is 5.32 Å². The molecule has 0 radical (unpaired) electrons. The molecule has 3 heteroatoms. The molecule has 2 unspecified atom stereocenters. The summed E-state index contributed by atoms with van der Waals surface area (Å²) in [5.41, 5.74) is -0.647. The van der Waals surface area contributed by atoms with Gasteiger partial charge in [0.25, 0.3) is 0 Å². The predicted octanol–water partition coefficient (Wildman–Crippen LogP) is 2.23. The molecule has 2 saturated carbocycles. The second-order valence-corrected chi connectivity index (χ2v) is 6.13. The van der Waals surface area contributed by atoms with Crippen LogP contribution in [-0.4, -0.2) is 23.2 Å². The van der Waals surface area contributed by atoms with Crippen molar-refractivity contribution in [2.45, 2.75) is 63.9 Å². The summed E-state index contributed by atoms with van der Waals surface area (Å²) in [6.45, 7) is 2.63. The number of carbonyl (C=O) groups excluding carboxylic acids is 1. The summed E-state index contributed by atoms with van der Waals surface area (Å²) in [4.78, 5) is 11.9. The van der Waals surface area contributed by atoms with Crippen LogP contribution in [0.15, 0.2) is 0 Å². The molecule has 0 saturated heterocycles. The molecule has 2 N–H and O–H groups in total. The van der Waals surface area contributed by atoms with Gasteiger partial charge in [-0.25, -0.2) is 0 Å². The number of carbonyl (C=O) groups is 1. The molecule has 98 valence electrons. The first-order chi connectivity index (χ1) is 8.09. The number of hydrogen-bond donors (Lipinski definition) is 2. The lowest BCUT2D eigenvalue weighted by molar-refractivity contribution is -0.126. The summed E-state index contributed by atoms with van der Waals surface area (Å²) in [6.07, 6.45) is 8.37. The Morgan fingerprint density at radius 1 is 1.29 bits per heavy atom. The first kappa shape index (κ1) is 12.9. The van der Waals surface area contributed by atoms with E-state index in [1.807, 2.05) is 0 Å². The van der Waals surface area contributed by atoms with Crippen LogP contribution in [0.4, 0.5) is 0 Å². The summed E-state index contributed by atoms with van der Waals surface area (Å²) in [5, 5.41) is 13.4. The topological polar surface area (TPSA) is 49.3 Å². The molecule has 0 bridgehead atoms. The van der Waals surface area contributed by atoms with Crippen LogP contribution in [0.1, 0.15) is 58.3 Å². The van der Waals surface area contributed by atoms with Gasteiger partial charge in [-0.3, -0.25) is 4.79 Å². The average molecular weight is 239 g/mol. The molecule has 1 amide bonds. The smallest absolute Gasteiger partial charge is 0.223 e. The number of amides is 1. The molecule has 3 nitrogen and oxygen atoms in total. The standard InChI is InChI=1S/C14H25NO2/c1-11-5-4-8-14(17,9-11)10-15-13(16)12-6-2-3-7-12/h11-12,17H,2-10H2,1H3,(H,15,16). The minimum Gasteiger partial charge on any atom is -0.388 e. The number of hydrogen-bond acceptors (Lipinski definition) is 2. The van der Waals surface area contributed by atoms with E-state index in [1.54, 1.807) is 0 Å². The van der Waals surface area contributed by atoms with Crippen molar-refractivity contribution in [3.05, 3.63) is 0 Å². The van der Waals surface area contributed by atoms with Gasteiger partial charge in [0.1, 0.15) is 0 Å². The molecular formula is C14H25NO2. The third-order valence-corrected chi connectivity index (χ3v) is 4.39. The highest BCUT2D eigenvalue weighted by atomic mass is 16.3. The Hall–Kier alpha value is -0.570. The van der Waals surface area contributed by atoms with Gasteiger partial charge in [-0.15, -0.1) is 0 Å². The Balaban J connectivity index is 1.78. The summed E-state index contributed by atoms with van der Waals surface area (Å²) in [5.74, 6) is 0.950. The van der Waals surface area contributed by atoms with Crippen molar-refractivity contribution in [3.8, 4) is 0 Å². The monoisotopic (exact) mass is 239 g/mol. The highest BCUT2D eigenvalue weighted by Crippen LogP contribution is 2.32. The average Bonchev–Trinajstić information content (AvgIpc) is 2.79. The predicted molar refractivity (Wildman–Crippen MR) is 67.5 cm³/mol. The van der Waals surface area contributed by atoms with E-state index in [0.717, 1.165) is 32.1 Å². The van der Waals surface area contributed by atoms with Crippen molar-refractivity contribution in [1.29, 1.82) is 0 Å². The van der Waals surface area contributed by atoms with Gasteiger partial charge < -0.3 is 10.4 Å². The normalized spacial score (nSPS) is 34.8. The maximum absolute atomic E-state index is 11.9. The number of nitrogens with one attached hydrogen (secondary N) is 1. The van der Waals surface area contributed by atoms with Gasteiger partial charge in [0.05, 0.1) is 5.60 Å². The van der Waals surface area contributed by atoms with Gasteiger partial charge in [0.15, 0.2) is 0 Å². The van der Waals surface area contributed by atoms with Gasteiger partial charge in [-0.2, -0.15) is 0 Å². The summed E-state index contributed by atoms with van der Waals surface area (Å²) < 4.78 is 0. The zero-order valence-corrected chi connectivity index (χ0v) is 10.9. The maximum atomic E-state index is 11.9. The highest BCUT2D eigenvalue weighted by Gasteiger charge is 2.33. The second-order valence-electron chi connectivity index (χ2n) is 6.13. The minimum atomic E-state index is -0.647. The third kappa shape index (κ3) is 3.44. The van der Waals surface area contributed by atoms with Gasteiger partial charge in [-0.05, 0) is 31.6 Å². The van der Waals surface area contributed by atoms with Gasteiger partial charge >= 0.3 is 0 Å². The second kappa shape index (κ2) is 5.38. The molecule has 0 spiro atoms. The number of rotatable bonds is 3. The zero-order valence-electron chi connectivity index (χ0n) is 10.9. The maximum Gasteiger partial charge on any atom is 0.223 e. The van der Waals surface area contributed by atoms with Crippen molar-refractivity contribution in [3.63, 3.8) is 0 Å². The van der Waals surface area contributed by atoms with Crippen LogP contribution in [0.25, 0.3) is 0 Å². The van der Waals surface area contributed by atoms with Crippen LogP contribution in [-0.2, 0) is 4.79 Å². The van der Waals surface area contributed by atoms with Crippen molar-refractivity contribution in [2.75, 3.05) is 6.54 Å². The van der Waals surface area contributed by atoms with E-state index in [1.165, 1.54) is 19.3 Å². The molecule has 2 atom stereocenters. The molecule has 0 aromatic heterocycles. The fraction of sp³-hybridized carbons (Fsp3) is 0.929. The highest BCUT2D eigenvalue weighted by molar-refractivity contribution is 5.78. The third-order valence-electron chi connectivity index (χ3n) is 4.39. The Morgan fingerprint density at radius 2 is 2.00 bits per heavy atom.